The Morgan fingerprint density at radius 1 is 0.971 bits per heavy atom. The van der Waals surface area contributed by atoms with E-state index in [9.17, 15) is 9.59 Å². The summed E-state index contributed by atoms with van der Waals surface area (Å²) in [5.41, 5.74) is 3.84. The fourth-order valence-corrected chi connectivity index (χ4v) is 6.82. The zero-order valence-electron chi connectivity index (χ0n) is 20.8. The molecule has 1 aromatic heterocycles. The van der Waals surface area contributed by atoms with E-state index in [1.807, 2.05) is 4.68 Å². The lowest BCUT2D eigenvalue weighted by Crippen LogP contribution is -2.45. The number of hydrogen-bond acceptors (Lipinski definition) is 4. The number of carbonyl (C=O) groups excluding carboxylic acids is 2. The number of rotatable bonds is 6. The van der Waals surface area contributed by atoms with Crippen LogP contribution in [0.3, 0.4) is 0 Å². The first-order valence-corrected chi connectivity index (χ1v) is 13.7. The van der Waals surface area contributed by atoms with Crippen LogP contribution >= 0.6 is 0 Å². The lowest BCUT2D eigenvalue weighted by atomic mass is 9.76. The molecule has 6 rings (SSSR count). The molecule has 3 aliphatic carbocycles. The minimum atomic E-state index is -0.315. The van der Waals surface area contributed by atoms with Crippen molar-refractivity contribution in [3.63, 3.8) is 0 Å². The van der Waals surface area contributed by atoms with Crippen molar-refractivity contribution in [2.75, 3.05) is 13.7 Å². The molecule has 0 spiro atoms. The van der Waals surface area contributed by atoms with Gasteiger partial charge >= 0.3 is 5.97 Å². The summed E-state index contributed by atoms with van der Waals surface area (Å²) in [6.45, 7) is 0.961. The number of nitrogens with zero attached hydrogens (tertiary/aromatic N) is 3. The fraction of sp³-hybridized carbons (Fsp3) is 0.621. The van der Waals surface area contributed by atoms with Gasteiger partial charge in [0.25, 0.3) is 0 Å². The van der Waals surface area contributed by atoms with E-state index in [1.165, 1.54) is 44.8 Å². The van der Waals surface area contributed by atoms with Gasteiger partial charge in [-0.15, -0.1) is 0 Å². The third-order valence-corrected chi connectivity index (χ3v) is 9.06. The Labute approximate surface area is 208 Å². The van der Waals surface area contributed by atoms with Gasteiger partial charge in [-0.3, -0.25) is 4.79 Å². The van der Waals surface area contributed by atoms with Gasteiger partial charge in [0.05, 0.1) is 24.7 Å². The van der Waals surface area contributed by atoms with Crippen LogP contribution in [0.5, 0.6) is 0 Å². The summed E-state index contributed by atoms with van der Waals surface area (Å²) in [4.78, 5) is 28.2. The van der Waals surface area contributed by atoms with E-state index >= 15 is 0 Å². The van der Waals surface area contributed by atoms with Crippen LogP contribution in [0.2, 0.25) is 0 Å². The molecule has 2 heterocycles. The van der Waals surface area contributed by atoms with Crippen LogP contribution < -0.4 is 0 Å². The summed E-state index contributed by atoms with van der Waals surface area (Å²) in [6, 6.07) is 9.10. The average molecular weight is 476 g/mol. The minimum absolute atomic E-state index is 0.149. The second kappa shape index (κ2) is 9.44. The Balaban J connectivity index is 1.21. The molecule has 0 N–H and O–H groups in total. The van der Waals surface area contributed by atoms with Crippen LogP contribution in [-0.4, -0.2) is 46.3 Å². The predicted octanol–water partition coefficient (Wildman–Crippen LogP) is 5.60. The number of carbonyl (C=O) groups is 2. The van der Waals surface area contributed by atoms with Crippen LogP contribution in [0.4, 0.5) is 0 Å². The van der Waals surface area contributed by atoms with Crippen LogP contribution in [0, 0.1) is 11.8 Å². The zero-order chi connectivity index (χ0) is 23.9. The number of likely N-dealkylation sites (tertiary alicyclic amines) is 1. The number of methoxy groups -OCH3 is 1. The molecule has 0 bridgehead atoms. The first kappa shape index (κ1) is 22.8. The number of benzene rings is 1. The number of amides is 1. The van der Waals surface area contributed by atoms with Gasteiger partial charge in [-0.1, -0.05) is 25.0 Å². The molecule has 1 amide bonds. The summed E-state index contributed by atoms with van der Waals surface area (Å²) >= 11 is 0. The first-order valence-electron chi connectivity index (χ1n) is 13.7. The molecule has 6 nitrogen and oxygen atoms in total. The summed E-state index contributed by atoms with van der Waals surface area (Å²) in [5, 5.41) is 4.59. The van der Waals surface area contributed by atoms with Crippen molar-refractivity contribution in [3.05, 3.63) is 47.3 Å². The zero-order valence-corrected chi connectivity index (χ0v) is 20.8. The summed E-state index contributed by atoms with van der Waals surface area (Å²) in [7, 11) is 1.42. The molecule has 2 aromatic rings. The number of hydrogen-bond donors (Lipinski definition) is 0. The maximum Gasteiger partial charge on any atom is 0.341 e. The third kappa shape index (κ3) is 4.30. The van der Waals surface area contributed by atoms with Crippen molar-refractivity contribution < 1.29 is 14.3 Å². The highest BCUT2D eigenvalue weighted by atomic mass is 16.5. The smallest absolute Gasteiger partial charge is 0.341 e. The summed E-state index contributed by atoms with van der Waals surface area (Å²) < 4.78 is 6.94. The number of aromatic nitrogens is 2. The molecule has 4 aliphatic rings. The van der Waals surface area contributed by atoms with Crippen molar-refractivity contribution >= 4 is 11.9 Å². The quantitative estimate of drug-likeness (QED) is 0.510. The van der Waals surface area contributed by atoms with Crippen LogP contribution in [0.25, 0.3) is 5.69 Å². The molecule has 3 saturated carbocycles. The van der Waals surface area contributed by atoms with Crippen LogP contribution in [-0.2, 0) is 9.53 Å². The maximum atomic E-state index is 13.6. The standard InChI is InChI=1S/C29H37N3O3/c1-35-29(34)25-18-30-32(27(25)20-13-14-20)24-11-4-9-22(17-24)21-8-3-10-23(16-21)28(33)31-15-5-12-26(31)19-6-2-7-19/h4,9,11,17-21,23,26H,2-3,5-8,10,12-16H2,1H3. The molecule has 35 heavy (non-hydrogen) atoms. The molecule has 186 valence electrons. The molecule has 3 atom stereocenters. The Morgan fingerprint density at radius 2 is 1.80 bits per heavy atom. The van der Waals surface area contributed by atoms with E-state index in [0.717, 1.165) is 62.4 Å². The van der Waals surface area contributed by atoms with E-state index in [-0.39, 0.29) is 11.9 Å². The molecular weight excluding hydrogens is 438 g/mol. The predicted molar refractivity (Wildman–Crippen MR) is 134 cm³/mol. The van der Waals surface area contributed by atoms with Gasteiger partial charge in [0.1, 0.15) is 5.56 Å². The maximum absolute atomic E-state index is 13.6. The highest BCUT2D eigenvalue weighted by molar-refractivity contribution is 5.91. The largest absolute Gasteiger partial charge is 0.465 e. The summed E-state index contributed by atoms with van der Waals surface area (Å²) in [5.74, 6) is 1.77. The lowest BCUT2D eigenvalue weighted by molar-refractivity contribution is -0.139. The molecule has 1 aromatic carbocycles. The van der Waals surface area contributed by atoms with Crippen LogP contribution in [0.15, 0.2) is 30.5 Å². The third-order valence-electron chi connectivity index (χ3n) is 9.06. The van der Waals surface area contributed by atoms with Crippen molar-refractivity contribution in [2.24, 2.45) is 11.8 Å². The van der Waals surface area contributed by atoms with Gasteiger partial charge in [-0.25, -0.2) is 9.48 Å². The Kier molecular flexibility index (Phi) is 6.15. The fourth-order valence-electron chi connectivity index (χ4n) is 6.82. The molecule has 0 radical (unpaired) electrons. The van der Waals surface area contributed by atoms with Gasteiger partial charge < -0.3 is 9.64 Å². The topological polar surface area (TPSA) is 64.4 Å². The van der Waals surface area contributed by atoms with Crippen LogP contribution in [0.1, 0.15) is 104 Å². The van der Waals surface area contributed by atoms with Gasteiger partial charge in [-0.05, 0) is 87.3 Å². The first-order chi connectivity index (χ1) is 17.1. The van der Waals surface area contributed by atoms with Gasteiger partial charge in [0.2, 0.25) is 5.91 Å². The Bertz CT molecular complexity index is 1100. The van der Waals surface area contributed by atoms with E-state index in [1.54, 1.807) is 6.20 Å². The van der Waals surface area contributed by atoms with Crippen molar-refractivity contribution in [1.29, 1.82) is 0 Å². The van der Waals surface area contributed by atoms with Gasteiger partial charge in [0, 0.05) is 24.4 Å². The minimum Gasteiger partial charge on any atom is -0.465 e. The average Bonchev–Trinajstić information content (AvgIpc) is 3.42. The summed E-state index contributed by atoms with van der Waals surface area (Å²) in [6.07, 6.45) is 14.3. The highest BCUT2D eigenvalue weighted by Crippen LogP contribution is 2.44. The number of esters is 1. The SMILES string of the molecule is COC(=O)c1cnn(-c2cccc(C3CCCC(C(=O)N4CCCC4C4CCC4)C3)c2)c1C1CC1. The second-order valence-corrected chi connectivity index (χ2v) is 11.2. The number of ether oxygens (including phenoxy) is 1. The van der Waals surface area contributed by atoms with Crippen molar-refractivity contribution in [2.45, 2.75) is 88.5 Å². The van der Waals surface area contributed by atoms with Crippen molar-refractivity contribution in [1.82, 2.24) is 14.7 Å². The lowest BCUT2D eigenvalue weighted by Gasteiger charge is -2.39. The van der Waals surface area contributed by atoms with E-state index in [4.69, 9.17) is 4.74 Å². The second-order valence-electron chi connectivity index (χ2n) is 11.2. The Morgan fingerprint density at radius 3 is 2.54 bits per heavy atom. The van der Waals surface area contributed by atoms with Gasteiger partial charge in [-0.2, -0.15) is 5.10 Å². The molecule has 1 aliphatic heterocycles. The van der Waals surface area contributed by atoms with E-state index in [0.29, 0.717) is 29.3 Å². The monoisotopic (exact) mass is 475 g/mol. The highest BCUT2D eigenvalue weighted by Gasteiger charge is 2.40. The Hall–Kier alpha value is -2.63. The molecule has 1 saturated heterocycles. The van der Waals surface area contributed by atoms with E-state index in [2.05, 4.69) is 34.3 Å². The molecular formula is C29H37N3O3. The van der Waals surface area contributed by atoms with Crippen molar-refractivity contribution in [3.8, 4) is 5.69 Å². The van der Waals surface area contributed by atoms with Gasteiger partial charge in [0.15, 0.2) is 0 Å². The van der Waals surface area contributed by atoms with E-state index < -0.39 is 0 Å². The molecule has 3 unspecified atom stereocenters. The molecule has 6 heteroatoms. The normalized spacial score (nSPS) is 27.0. The molecule has 4 fully saturated rings.